The highest BCUT2D eigenvalue weighted by molar-refractivity contribution is 5.76. The number of hydrogen-bond acceptors (Lipinski definition) is 3. The van der Waals surface area contributed by atoms with Crippen molar-refractivity contribution in [3.63, 3.8) is 0 Å². The molecule has 1 unspecified atom stereocenters. The molecule has 5 nitrogen and oxygen atoms in total. The summed E-state index contributed by atoms with van der Waals surface area (Å²) in [7, 11) is 0. The summed E-state index contributed by atoms with van der Waals surface area (Å²) in [5.74, 6) is 0. The van der Waals surface area contributed by atoms with Crippen LogP contribution in [0.15, 0.2) is 60.9 Å². The second kappa shape index (κ2) is 7.97. The van der Waals surface area contributed by atoms with Crippen LogP contribution >= 0.6 is 0 Å². The van der Waals surface area contributed by atoms with Gasteiger partial charge >= 0.3 is 6.03 Å². The molecule has 0 saturated carbocycles. The molecule has 1 spiro atoms. The average Bonchev–Trinajstić information content (AvgIpc) is 3.51. The maximum atomic E-state index is 12.8. The fourth-order valence-electron chi connectivity index (χ4n) is 5.18. The number of likely N-dealkylation sites (tertiary alicyclic amines) is 2. The summed E-state index contributed by atoms with van der Waals surface area (Å²) in [5, 5.41) is 4.20. The van der Waals surface area contributed by atoms with Gasteiger partial charge in [0, 0.05) is 37.8 Å². The standard InChI is InChI=1S/C26H30N4O/c1-20-15-27-30(16-20)25(31)29-13-11-26(19-29)10-12-28(18-26)17-24-9-8-23(14-21(24)2)22-6-4-3-5-7-22/h3-9,14-16H,10-13,17-19H2,1-2H3. The molecule has 1 amide bonds. The molecule has 2 saturated heterocycles. The summed E-state index contributed by atoms with van der Waals surface area (Å²) >= 11 is 0. The summed E-state index contributed by atoms with van der Waals surface area (Å²) in [6, 6.07) is 17.4. The first kappa shape index (κ1) is 20.0. The first-order valence-corrected chi connectivity index (χ1v) is 11.2. The van der Waals surface area contributed by atoms with Gasteiger partial charge in [-0.2, -0.15) is 9.78 Å². The monoisotopic (exact) mass is 414 g/mol. The number of hydrogen-bond donors (Lipinski definition) is 0. The van der Waals surface area contributed by atoms with Crippen LogP contribution in [0, 0.1) is 19.3 Å². The van der Waals surface area contributed by atoms with Crippen molar-refractivity contribution in [2.24, 2.45) is 5.41 Å². The van der Waals surface area contributed by atoms with Crippen LogP contribution in [0.5, 0.6) is 0 Å². The summed E-state index contributed by atoms with van der Waals surface area (Å²) in [5.41, 5.74) is 6.53. The fraction of sp³-hybridized carbons (Fsp3) is 0.385. The van der Waals surface area contributed by atoms with Crippen molar-refractivity contribution in [3.8, 4) is 11.1 Å². The van der Waals surface area contributed by atoms with E-state index in [4.69, 9.17) is 0 Å². The van der Waals surface area contributed by atoms with Crippen LogP contribution in [-0.4, -0.2) is 51.8 Å². The second-order valence-electron chi connectivity index (χ2n) is 9.38. The highest BCUT2D eigenvalue weighted by Gasteiger charge is 2.45. The summed E-state index contributed by atoms with van der Waals surface area (Å²) in [4.78, 5) is 17.3. The van der Waals surface area contributed by atoms with Crippen LogP contribution in [0.2, 0.25) is 0 Å². The number of aryl methyl sites for hydroxylation is 2. The Bertz CT molecular complexity index is 1090. The zero-order valence-electron chi connectivity index (χ0n) is 18.4. The molecule has 2 fully saturated rings. The summed E-state index contributed by atoms with van der Waals surface area (Å²) < 4.78 is 1.48. The van der Waals surface area contributed by atoms with E-state index < -0.39 is 0 Å². The van der Waals surface area contributed by atoms with Gasteiger partial charge in [-0.3, -0.25) is 4.90 Å². The lowest BCUT2D eigenvalue weighted by Gasteiger charge is -2.25. The highest BCUT2D eigenvalue weighted by Crippen LogP contribution is 2.40. The molecule has 1 aromatic heterocycles. The van der Waals surface area contributed by atoms with E-state index in [1.807, 2.05) is 18.0 Å². The van der Waals surface area contributed by atoms with Crippen molar-refractivity contribution in [1.29, 1.82) is 0 Å². The predicted octanol–water partition coefficient (Wildman–Crippen LogP) is 4.73. The van der Waals surface area contributed by atoms with Gasteiger partial charge in [0.1, 0.15) is 0 Å². The zero-order valence-corrected chi connectivity index (χ0v) is 18.4. The van der Waals surface area contributed by atoms with Crippen molar-refractivity contribution in [3.05, 3.63) is 77.6 Å². The molecule has 160 valence electrons. The Morgan fingerprint density at radius 2 is 1.81 bits per heavy atom. The van der Waals surface area contributed by atoms with Crippen molar-refractivity contribution in [1.82, 2.24) is 19.6 Å². The minimum Gasteiger partial charge on any atom is -0.322 e. The van der Waals surface area contributed by atoms with E-state index in [1.165, 1.54) is 26.9 Å². The van der Waals surface area contributed by atoms with Crippen molar-refractivity contribution in [2.75, 3.05) is 26.2 Å². The normalized spacial score (nSPS) is 21.3. The number of rotatable bonds is 3. The van der Waals surface area contributed by atoms with E-state index in [2.05, 4.69) is 65.5 Å². The minimum absolute atomic E-state index is 0.00997. The van der Waals surface area contributed by atoms with Crippen LogP contribution in [0.4, 0.5) is 4.79 Å². The second-order valence-corrected chi connectivity index (χ2v) is 9.38. The maximum absolute atomic E-state index is 12.8. The molecule has 0 bridgehead atoms. The van der Waals surface area contributed by atoms with Crippen LogP contribution < -0.4 is 0 Å². The largest absolute Gasteiger partial charge is 0.344 e. The summed E-state index contributed by atoms with van der Waals surface area (Å²) in [6.07, 6.45) is 5.81. The fourth-order valence-corrected chi connectivity index (χ4v) is 5.18. The quantitative estimate of drug-likeness (QED) is 0.622. The van der Waals surface area contributed by atoms with Crippen molar-refractivity contribution < 1.29 is 4.79 Å². The average molecular weight is 415 g/mol. The number of aromatic nitrogens is 2. The lowest BCUT2D eigenvalue weighted by molar-refractivity contribution is 0.196. The number of amides is 1. The van der Waals surface area contributed by atoms with E-state index in [9.17, 15) is 4.79 Å². The van der Waals surface area contributed by atoms with Gasteiger partial charge in [-0.05, 0) is 61.1 Å². The zero-order chi connectivity index (χ0) is 21.4. The van der Waals surface area contributed by atoms with Crippen LogP contribution in [0.1, 0.15) is 29.5 Å². The molecular weight excluding hydrogens is 384 g/mol. The van der Waals surface area contributed by atoms with Crippen molar-refractivity contribution >= 4 is 6.03 Å². The molecule has 0 radical (unpaired) electrons. The van der Waals surface area contributed by atoms with E-state index in [1.54, 1.807) is 6.20 Å². The first-order valence-electron chi connectivity index (χ1n) is 11.2. The number of carbonyl (C=O) groups excluding carboxylic acids is 1. The highest BCUT2D eigenvalue weighted by atomic mass is 16.2. The Hall–Kier alpha value is -2.92. The predicted molar refractivity (Wildman–Crippen MR) is 123 cm³/mol. The number of nitrogens with zero attached hydrogens (tertiary/aromatic N) is 4. The topological polar surface area (TPSA) is 41.4 Å². The Kier molecular flexibility index (Phi) is 5.14. The lowest BCUT2D eigenvalue weighted by Crippen LogP contribution is -2.36. The van der Waals surface area contributed by atoms with Crippen LogP contribution in [0.25, 0.3) is 11.1 Å². The first-order chi connectivity index (χ1) is 15.0. The Labute approximate surface area is 184 Å². The van der Waals surface area contributed by atoms with Crippen molar-refractivity contribution in [2.45, 2.75) is 33.2 Å². The summed E-state index contributed by atoms with van der Waals surface area (Å²) in [6.45, 7) is 9.00. The van der Waals surface area contributed by atoms with Gasteiger partial charge in [-0.15, -0.1) is 0 Å². The molecule has 2 aliphatic heterocycles. The van der Waals surface area contributed by atoms with Gasteiger partial charge in [0.15, 0.2) is 0 Å². The Morgan fingerprint density at radius 3 is 2.55 bits per heavy atom. The van der Waals surface area contributed by atoms with Gasteiger partial charge in [-0.1, -0.05) is 48.5 Å². The van der Waals surface area contributed by atoms with E-state index in [0.29, 0.717) is 0 Å². The molecule has 3 aromatic rings. The van der Waals surface area contributed by atoms with E-state index in [-0.39, 0.29) is 11.4 Å². The van der Waals surface area contributed by atoms with Crippen LogP contribution in [-0.2, 0) is 6.54 Å². The van der Waals surface area contributed by atoms with Gasteiger partial charge < -0.3 is 4.90 Å². The van der Waals surface area contributed by atoms with Gasteiger partial charge in [0.25, 0.3) is 0 Å². The van der Waals surface area contributed by atoms with Gasteiger partial charge in [0.05, 0.1) is 6.20 Å². The smallest absolute Gasteiger partial charge is 0.322 e. The molecule has 1 atom stereocenters. The molecule has 31 heavy (non-hydrogen) atoms. The number of benzene rings is 2. The van der Waals surface area contributed by atoms with Gasteiger partial charge in [0.2, 0.25) is 0 Å². The molecule has 0 N–H and O–H groups in total. The number of carbonyl (C=O) groups is 1. The third-order valence-electron chi connectivity index (χ3n) is 6.98. The SMILES string of the molecule is Cc1cnn(C(=O)N2CCC3(CCN(Cc4ccc(-c5ccccc5)cc4C)C3)C2)c1. The third-order valence-corrected chi connectivity index (χ3v) is 6.98. The maximum Gasteiger partial charge on any atom is 0.344 e. The Morgan fingerprint density at radius 1 is 1.00 bits per heavy atom. The minimum atomic E-state index is 0.00997. The molecule has 2 aliphatic rings. The van der Waals surface area contributed by atoms with E-state index in [0.717, 1.165) is 51.1 Å². The molecule has 5 heteroatoms. The third kappa shape index (κ3) is 4.02. The molecular formula is C26H30N4O. The molecule has 2 aromatic carbocycles. The Balaban J connectivity index is 1.23. The lowest BCUT2D eigenvalue weighted by atomic mass is 9.86. The van der Waals surface area contributed by atoms with E-state index >= 15 is 0 Å². The van der Waals surface area contributed by atoms with Crippen LogP contribution in [0.3, 0.4) is 0 Å². The molecule has 0 aliphatic carbocycles. The molecule has 5 rings (SSSR count). The molecule has 3 heterocycles. The van der Waals surface area contributed by atoms with Gasteiger partial charge in [-0.25, -0.2) is 4.79 Å².